The molecule has 2 aromatic heterocycles. The second kappa shape index (κ2) is 4.35. The van der Waals surface area contributed by atoms with E-state index in [2.05, 4.69) is 15.0 Å². The summed E-state index contributed by atoms with van der Waals surface area (Å²) in [7, 11) is 0. The summed E-state index contributed by atoms with van der Waals surface area (Å²) in [5, 5.41) is 29.6. The number of rotatable bonds is 2. The summed E-state index contributed by atoms with van der Waals surface area (Å²) in [5.74, 6) is 0.214. The topological polar surface area (TPSA) is 140 Å². The van der Waals surface area contributed by atoms with Crippen LogP contribution in [0.15, 0.2) is 12.7 Å². The van der Waals surface area contributed by atoms with E-state index >= 15 is 0 Å². The first-order valence-corrected chi connectivity index (χ1v) is 6.06. The van der Waals surface area contributed by atoms with Crippen LogP contribution in [0.1, 0.15) is 13.2 Å². The number of aliphatic hydroxyl groups is 3. The minimum atomic E-state index is -1.60. The van der Waals surface area contributed by atoms with Gasteiger partial charge in [0.05, 0.1) is 12.9 Å². The van der Waals surface area contributed by atoms with Crippen LogP contribution in [0, 0.1) is 0 Å². The molecule has 1 aliphatic rings. The minimum absolute atomic E-state index is 0.214. The summed E-state index contributed by atoms with van der Waals surface area (Å²) in [6.45, 7) is 1.02. The summed E-state index contributed by atoms with van der Waals surface area (Å²) >= 11 is 0. The molecule has 0 spiro atoms. The molecule has 4 atom stereocenters. The quantitative estimate of drug-likeness (QED) is 0.516. The van der Waals surface area contributed by atoms with E-state index in [-0.39, 0.29) is 5.82 Å². The zero-order valence-electron chi connectivity index (χ0n) is 10.7. The lowest BCUT2D eigenvalue weighted by atomic mass is 9.96. The van der Waals surface area contributed by atoms with Gasteiger partial charge in [0, 0.05) is 0 Å². The maximum Gasteiger partial charge on any atom is 0.168 e. The van der Waals surface area contributed by atoms with Crippen molar-refractivity contribution >= 4 is 17.0 Å². The molecule has 9 nitrogen and oxygen atoms in total. The van der Waals surface area contributed by atoms with Crippen LogP contribution < -0.4 is 5.73 Å². The summed E-state index contributed by atoms with van der Waals surface area (Å²) < 4.78 is 6.97. The molecular formula is C11H15N5O4. The molecule has 0 saturated carbocycles. The van der Waals surface area contributed by atoms with Crippen molar-refractivity contribution in [3.63, 3.8) is 0 Å². The fraction of sp³-hybridized carbons (Fsp3) is 0.545. The third-order valence-corrected chi connectivity index (χ3v) is 3.57. The van der Waals surface area contributed by atoms with E-state index < -0.39 is 30.6 Å². The molecule has 9 heteroatoms. The number of imidazole rings is 1. The van der Waals surface area contributed by atoms with Crippen LogP contribution in [0.25, 0.3) is 11.2 Å². The molecule has 2 aromatic rings. The fourth-order valence-electron chi connectivity index (χ4n) is 2.43. The average molecular weight is 281 g/mol. The number of nitrogen functional groups attached to an aromatic ring is 1. The molecule has 20 heavy (non-hydrogen) atoms. The predicted octanol–water partition coefficient (Wildman–Crippen LogP) is -1.59. The fourth-order valence-corrected chi connectivity index (χ4v) is 2.43. The van der Waals surface area contributed by atoms with Crippen molar-refractivity contribution in [1.29, 1.82) is 0 Å². The standard InChI is InChI=1S/C11H15N5O4/c1-11(19)7(18)5(2-17)20-10(11)16-4-15-6-8(12)13-3-14-9(6)16/h3-5,7,10,17-19H,2H2,1H3,(H2,12,13,14)/t5-,7?,10-,11-/m1/s1. The van der Waals surface area contributed by atoms with Crippen molar-refractivity contribution in [1.82, 2.24) is 19.5 Å². The number of anilines is 1. The van der Waals surface area contributed by atoms with E-state index in [4.69, 9.17) is 10.5 Å². The minimum Gasteiger partial charge on any atom is -0.394 e. The highest BCUT2D eigenvalue weighted by molar-refractivity contribution is 5.81. The molecule has 108 valence electrons. The lowest BCUT2D eigenvalue weighted by Crippen LogP contribution is -2.44. The van der Waals surface area contributed by atoms with Gasteiger partial charge in [0.15, 0.2) is 17.7 Å². The highest BCUT2D eigenvalue weighted by Crippen LogP contribution is 2.39. The Morgan fingerprint density at radius 1 is 1.45 bits per heavy atom. The third kappa shape index (κ3) is 1.68. The zero-order chi connectivity index (χ0) is 14.5. The zero-order valence-corrected chi connectivity index (χ0v) is 10.7. The van der Waals surface area contributed by atoms with Gasteiger partial charge in [0.2, 0.25) is 0 Å². The normalized spacial score (nSPS) is 33.9. The van der Waals surface area contributed by atoms with Crippen LogP contribution in [-0.2, 0) is 4.74 Å². The van der Waals surface area contributed by atoms with Gasteiger partial charge in [0.1, 0.15) is 29.7 Å². The van der Waals surface area contributed by atoms with E-state index in [0.29, 0.717) is 11.2 Å². The van der Waals surface area contributed by atoms with Crippen LogP contribution in [0.3, 0.4) is 0 Å². The Hall–Kier alpha value is -1.81. The van der Waals surface area contributed by atoms with Crippen LogP contribution in [0.2, 0.25) is 0 Å². The molecule has 1 unspecified atom stereocenters. The maximum atomic E-state index is 10.4. The Morgan fingerprint density at radius 2 is 2.20 bits per heavy atom. The smallest absolute Gasteiger partial charge is 0.168 e. The Balaban J connectivity index is 2.10. The molecule has 5 N–H and O–H groups in total. The molecule has 3 heterocycles. The monoisotopic (exact) mass is 281 g/mol. The van der Waals surface area contributed by atoms with Gasteiger partial charge in [-0.25, -0.2) is 15.0 Å². The van der Waals surface area contributed by atoms with Crippen molar-refractivity contribution in [3.05, 3.63) is 12.7 Å². The largest absolute Gasteiger partial charge is 0.394 e. The van der Waals surface area contributed by atoms with E-state index in [1.54, 1.807) is 0 Å². The van der Waals surface area contributed by atoms with Crippen LogP contribution in [0.5, 0.6) is 0 Å². The summed E-state index contributed by atoms with van der Waals surface area (Å²) in [4.78, 5) is 12.0. The van der Waals surface area contributed by atoms with Gasteiger partial charge in [-0.1, -0.05) is 0 Å². The molecule has 0 bridgehead atoms. The second-order valence-electron chi connectivity index (χ2n) is 4.96. The maximum absolute atomic E-state index is 10.4. The molecule has 1 fully saturated rings. The predicted molar refractivity (Wildman–Crippen MR) is 67.4 cm³/mol. The number of ether oxygens (including phenoxy) is 1. The Labute approximate surface area is 113 Å². The summed E-state index contributed by atoms with van der Waals surface area (Å²) in [6.07, 6.45) is -0.365. The highest BCUT2D eigenvalue weighted by atomic mass is 16.6. The molecule has 0 amide bonds. The van der Waals surface area contributed by atoms with Crippen molar-refractivity contribution in [2.24, 2.45) is 0 Å². The van der Waals surface area contributed by atoms with Crippen LogP contribution in [0.4, 0.5) is 5.82 Å². The first-order valence-electron chi connectivity index (χ1n) is 6.06. The Morgan fingerprint density at radius 3 is 2.85 bits per heavy atom. The van der Waals surface area contributed by atoms with E-state index in [9.17, 15) is 15.3 Å². The number of aliphatic hydroxyl groups excluding tert-OH is 2. The van der Waals surface area contributed by atoms with Gasteiger partial charge in [-0.3, -0.25) is 4.57 Å². The average Bonchev–Trinajstić information content (AvgIpc) is 2.92. The number of fused-ring (bicyclic) bond motifs is 1. The first-order chi connectivity index (χ1) is 9.46. The SMILES string of the molecule is C[C@@]1(O)C(O)[C@@H](CO)O[C@H]1n1cnc2c(N)ncnc21. The van der Waals surface area contributed by atoms with Crippen molar-refractivity contribution in [2.45, 2.75) is 31.0 Å². The van der Waals surface area contributed by atoms with Gasteiger partial charge in [-0.05, 0) is 6.92 Å². The number of hydrogen-bond donors (Lipinski definition) is 4. The van der Waals surface area contributed by atoms with Gasteiger partial charge >= 0.3 is 0 Å². The van der Waals surface area contributed by atoms with Crippen molar-refractivity contribution in [3.8, 4) is 0 Å². The van der Waals surface area contributed by atoms with Crippen molar-refractivity contribution < 1.29 is 20.1 Å². The molecule has 1 aliphatic heterocycles. The molecule has 1 saturated heterocycles. The van der Waals surface area contributed by atoms with Gasteiger partial charge < -0.3 is 25.8 Å². The second-order valence-corrected chi connectivity index (χ2v) is 4.96. The first kappa shape index (κ1) is 13.2. The Kier molecular flexibility index (Phi) is 2.87. The lowest BCUT2D eigenvalue weighted by Gasteiger charge is -2.27. The summed E-state index contributed by atoms with van der Waals surface area (Å²) in [6, 6.07) is 0. The summed E-state index contributed by atoms with van der Waals surface area (Å²) in [5.41, 5.74) is 4.87. The number of nitrogens with two attached hydrogens (primary N) is 1. The van der Waals surface area contributed by atoms with E-state index in [0.717, 1.165) is 0 Å². The molecule has 0 aliphatic carbocycles. The van der Waals surface area contributed by atoms with Crippen molar-refractivity contribution in [2.75, 3.05) is 12.3 Å². The lowest BCUT2D eigenvalue weighted by molar-refractivity contribution is -0.0950. The third-order valence-electron chi connectivity index (χ3n) is 3.57. The van der Waals surface area contributed by atoms with Gasteiger partial charge in [-0.15, -0.1) is 0 Å². The molecular weight excluding hydrogens is 266 g/mol. The van der Waals surface area contributed by atoms with Crippen LogP contribution >= 0.6 is 0 Å². The van der Waals surface area contributed by atoms with E-state index in [1.165, 1.54) is 24.1 Å². The van der Waals surface area contributed by atoms with Gasteiger partial charge in [0.25, 0.3) is 0 Å². The Bertz CT molecular complexity index is 643. The van der Waals surface area contributed by atoms with E-state index in [1.807, 2.05) is 0 Å². The highest BCUT2D eigenvalue weighted by Gasteiger charge is 2.53. The molecule has 0 aromatic carbocycles. The van der Waals surface area contributed by atoms with Gasteiger partial charge in [-0.2, -0.15) is 0 Å². The number of hydrogen-bond acceptors (Lipinski definition) is 8. The molecule has 3 rings (SSSR count). The number of nitrogens with zero attached hydrogens (tertiary/aromatic N) is 4. The number of aromatic nitrogens is 4. The molecule has 0 radical (unpaired) electrons. The van der Waals surface area contributed by atoms with Crippen LogP contribution in [-0.4, -0.2) is 59.3 Å².